The molecule has 18 rings (SSSR count). The lowest BCUT2D eigenvalue weighted by atomic mass is 9.34. The SMILES string of the molecule is CC(C)(C)c1ccc(-c2ccc3c(c2)c2cccc4c5ccc6c(c5n3c24)Oc2cc(-n3c4ccccc4c4ccccc43)cc3c2B6c2ccc4c5cccc6c7cc(-c8ccc(C(C)(C)C)cc8)ccc7n(c4c2O3)c65)cc1. The van der Waals surface area contributed by atoms with E-state index in [0.29, 0.717) is 0 Å². The maximum atomic E-state index is 7.64. The van der Waals surface area contributed by atoms with Gasteiger partial charge in [0.15, 0.2) is 0 Å². The highest BCUT2D eigenvalue weighted by Crippen LogP contribution is 2.49. The molecule has 6 heteroatoms. The van der Waals surface area contributed by atoms with Gasteiger partial charge in [0.05, 0.1) is 49.8 Å². The number of benzene rings is 11. The van der Waals surface area contributed by atoms with Gasteiger partial charge in [-0.1, -0.05) is 199 Å². The fourth-order valence-corrected chi connectivity index (χ4v) is 14.5. The summed E-state index contributed by atoms with van der Waals surface area (Å²) in [5, 5.41) is 12.2. The summed E-state index contributed by atoms with van der Waals surface area (Å²) in [5.74, 6) is 3.38. The molecule has 0 bridgehead atoms. The standard InChI is InChI=1S/C74H52BN3O2/c1-73(2,3)45-27-21-41(22-28-45)43-25-35-62-56(37-43)52-17-11-15-50-54-31-33-58-71(69(54)77(62)67(50)52)79-64-39-47(76-60-19-9-7-13-48(60)49-14-8-10-20-61(49)76)40-65-66(64)75(58)59-34-32-55-51-16-12-18-53-57-38-44(42-23-29-46(30-24-42)74(4,5)6)26-36-63(57)78(68(51)53)70(55)72(59)80-65/h7-40H,1-6H3. The first-order chi connectivity index (χ1) is 38.9. The quantitative estimate of drug-likeness (QED) is 0.165. The number of hydrogen-bond acceptors (Lipinski definition) is 2. The van der Waals surface area contributed by atoms with Gasteiger partial charge in [-0.25, -0.2) is 0 Å². The zero-order chi connectivity index (χ0) is 53.2. The molecule has 2 aliphatic rings. The second-order valence-electron chi connectivity index (χ2n) is 24.8. The fourth-order valence-electron chi connectivity index (χ4n) is 14.5. The van der Waals surface area contributed by atoms with Crippen molar-refractivity contribution in [2.24, 2.45) is 0 Å². The molecule has 0 aliphatic carbocycles. The van der Waals surface area contributed by atoms with Crippen molar-refractivity contribution in [3.63, 3.8) is 0 Å². The lowest BCUT2D eigenvalue weighted by Gasteiger charge is -2.34. The van der Waals surface area contributed by atoms with E-state index < -0.39 is 0 Å². The molecule has 2 aliphatic heterocycles. The summed E-state index contributed by atoms with van der Waals surface area (Å²) in [6.45, 7) is 13.5. The highest BCUT2D eigenvalue weighted by molar-refractivity contribution is 6.98. The van der Waals surface area contributed by atoms with Crippen molar-refractivity contribution >= 4 is 121 Å². The molecule has 5 aromatic heterocycles. The van der Waals surface area contributed by atoms with Crippen molar-refractivity contribution in [2.75, 3.05) is 0 Å². The zero-order valence-corrected chi connectivity index (χ0v) is 45.4. The summed E-state index contributed by atoms with van der Waals surface area (Å²) in [6, 6.07) is 77.3. The molecule has 16 aromatic rings. The van der Waals surface area contributed by atoms with E-state index in [1.165, 1.54) is 109 Å². The van der Waals surface area contributed by atoms with Crippen LogP contribution in [-0.2, 0) is 10.8 Å². The zero-order valence-electron chi connectivity index (χ0n) is 45.4. The van der Waals surface area contributed by atoms with Crippen LogP contribution in [0.15, 0.2) is 206 Å². The van der Waals surface area contributed by atoms with E-state index in [4.69, 9.17) is 9.47 Å². The predicted octanol–water partition coefficient (Wildman–Crippen LogP) is 17.7. The third kappa shape index (κ3) is 5.77. The molecule has 11 aromatic carbocycles. The van der Waals surface area contributed by atoms with Crippen molar-refractivity contribution in [2.45, 2.75) is 52.4 Å². The average Bonchev–Trinajstić information content (AvgIpc) is 2.97. The van der Waals surface area contributed by atoms with Gasteiger partial charge in [-0.05, 0) is 91.5 Å². The third-order valence-corrected chi connectivity index (χ3v) is 18.4. The van der Waals surface area contributed by atoms with Gasteiger partial charge in [-0.15, -0.1) is 0 Å². The van der Waals surface area contributed by atoms with Gasteiger partial charge < -0.3 is 22.8 Å². The number of aromatic nitrogens is 3. The molecule has 378 valence electrons. The summed E-state index contributed by atoms with van der Waals surface area (Å²) < 4.78 is 22.7. The minimum absolute atomic E-state index is 0.0841. The van der Waals surface area contributed by atoms with E-state index in [0.717, 1.165) is 67.1 Å². The minimum Gasteiger partial charge on any atom is -0.456 e. The first-order valence-electron chi connectivity index (χ1n) is 28.2. The maximum absolute atomic E-state index is 7.64. The topological polar surface area (TPSA) is 32.2 Å². The molecule has 0 fully saturated rings. The maximum Gasteiger partial charge on any atom is 0.260 e. The van der Waals surface area contributed by atoms with E-state index in [1.54, 1.807) is 0 Å². The van der Waals surface area contributed by atoms with Gasteiger partial charge >= 0.3 is 0 Å². The lowest BCUT2D eigenvalue weighted by Crippen LogP contribution is -2.57. The van der Waals surface area contributed by atoms with Crippen LogP contribution in [0.4, 0.5) is 0 Å². The molecule has 0 unspecified atom stereocenters. The van der Waals surface area contributed by atoms with Crippen LogP contribution in [0.3, 0.4) is 0 Å². The number of nitrogens with zero attached hydrogens (tertiary/aromatic N) is 3. The molecule has 0 atom stereocenters. The van der Waals surface area contributed by atoms with Gasteiger partial charge in [-0.2, -0.15) is 0 Å². The van der Waals surface area contributed by atoms with E-state index in [1.807, 2.05) is 0 Å². The average molecular weight is 1030 g/mol. The fraction of sp³-hybridized carbons (Fsp3) is 0.108. The van der Waals surface area contributed by atoms with Crippen molar-refractivity contribution in [3.8, 4) is 50.9 Å². The molecule has 7 heterocycles. The number of hydrogen-bond donors (Lipinski definition) is 0. The number of rotatable bonds is 3. The summed E-state index contributed by atoms with van der Waals surface area (Å²) in [5.41, 5.74) is 21.2. The number of ether oxygens (including phenoxy) is 2. The first-order valence-corrected chi connectivity index (χ1v) is 28.2. The monoisotopic (exact) mass is 1030 g/mol. The van der Waals surface area contributed by atoms with Gasteiger partial charge in [0.25, 0.3) is 6.71 Å². The first kappa shape index (κ1) is 44.5. The Labute approximate surface area is 462 Å². The highest BCUT2D eigenvalue weighted by Gasteiger charge is 2.43. The number of fused-ring (bicyclic) bond motifs is 21. The van der Waals surface area contributed by atoms with Gasteiger partial charge in [0.1, 0.15) is 23.0 Å². The van der Waals surface area contributed by atoms with E-state index >= 15 is 0 Å². The molecule has 0 amide bonds. The summed E-state index contributed by atoms with van der Waals surface area (Å²) >= 11 is 0. The Hall–Kier alpha value is -9.52. The highest BCUT2D eigenvalue weighted by atomic mass is 16.5. The largest absolute Gasteiger partial charge is 0.456 e. The van der Waals surface area contributed by atoms with Crippen LogP contribution in [0.25, 0.3) is 126 Å². The molecule has 0 N–H and O–H groups in total. The van der Waals surface area contributed by atoms with Crippen molar-refractivity contribution in [3.05, 3.63) is 217 Å². The summed E-state index contributed by atoms with van der Waals surface area (Å²) in [7, 11) is 0. The van der Waals surface area contributed by atoms with Crippen molar-refractivity contribution < 1.29 is 9.47 Å². The predicted molar refractivity (Wildman–Crippen MR) is 336 cm³/mol. The molecule has 0 saturated carbocycles. The Morgan fingerprint density at radius 2 is 0.713 bits per heavy atom. The van der Waals surface area contributed by atoms with Crippen LogP contribution in [0.5, 0.6) is 23.0 Å². The van der Waals surface area contributed by atoms with Crippen LogP contribution in [0, 0.1) is 0 Å². The third-order valence-electron chi connectivity index (χ3n) is 18.4. The van der Waals surface area contributed by atoms with Crippen LogP contribution in [0.2, 0.25) is 0 Å². The van der Waals surface area contributed by atoms with Crippen LogP contribution < -0.4 is 25.9 Å². The Bertz CT molecular complexity index is 5040. The van der Waals surface area contributed by atoms with E-state index in [2.05, 4.69) is 261 Å². The van der Waals surface area contributed by atoms with E-state index in [9.17, 15) is 0 Å². The van der Waals surface area contributed by atoms with Crippen molar-refractivity contribution in [1.29, 1.82) is 0 Å². The Kier molecular flexibility index (Phi) is 8.44. The number of para-hydroxylation sites is 4. The Morgan fingerprint density at radius 1 is 0.325 bits per heavy atom. The van der Waals surface area contributed by atoms with Crippen molar-refractivity contribution in [1.82, 2.24) is 13.4 Å². The van der Waals surface area contributed by atoms with Gasteiger partial charge in [0.2, 0.25) is 0 Å². The summed E-state index contributed by atoms with van der Waals surface area (Å²) in [4.78, 5) is 0. The van der Waals surface area contributed by atoms with Crippen LogP contribution in [0.1, 0.15) is 52.7 Å². The molecule has 80 heavy (non-hydrogen) atoms. The van der Waals surface area contributed by atoms with Gasteiger partial charge in [-0.3, -0.25) is 0 Å². The van der Waals surface area contributed by atoms with Crippen LogP contribution >= 0.6 is 0 Å². The molecular formula is C74H52BN3O2. The minimum atomic E-state index is -0.192. The van der Waals surface area contributed by atoms with Gasteiger partial charge in [0, 0.05) is 71.5 Å². The Morgan fingerprint density at radius 3 is 1.15 bits per heavy atom. The second-order valence-corrected chi connectivity index (χ2v) is 24.8. The lowest BCUT2D eigenvalue weighted by molar-refractivity contribution is 0.468. The molecular weight excluding hydrogens is 974 g/mol. The molecule has 0 radical (unpaired) electrons. The molecule has 5 nitrogen and oxygen atoms in total. The Balaban J connectivity index is 0.903. The molecule has 0 saturated heterocycles. The smallest absolute Gasteiger partial charge is 0.260 e. The normalized spacial score (nSPS) is 13.6. The van der Waals surface area contributed by atoms with E-state index in [-0.39, 0.29) is 17.5 Å². The molecule has 0 spiro atoms. The summed E-state index contributed by atoms with van der Waals surface area (Å²) in [6.07, 6.45) is 0. The second kappa shape index (κ2) is 15.2. The van der Waals surface area contributed by atoms with Crippen LogP contribution in [-0.4, -0.2) is 20.1 Å².